The van der Waals surface area contributed by atoms with E-state index < -0.39 is 18.0 Å². The van der Waals surface area contributed by atoms with E-state index in [1.807, 2.05) is 48.5 Å². The number of aromatic amines is 1. The van der Waals surface area contributed by atoms with Gasteiger partial charge in [-0.2, -0.15) is 0 Å². The Hall–Kier alpha value is -4.48. The van der Waals surface area contributed by atoms with Gasteiger partial charge in [0.1, 0.15) is 17.7 Å². The lowest BCUT2D eigenvalue weighted by molar-refractivity contribution is -0.119. The number of ether oxygens (including phenoxy) is 2. The quantitative estimate of drug-likeness (QED) is 0.232. The number of hydrogen-bond acceptors (Lipinski definition) is 7. The van der Waals surface area contributed by atoms with Gasteiger partial charge in [0.2, 0.25) is 5.91 Å². The van der Waals surface area contributed by atoms with Gasteiger partial charge in [0.05, 0.1) is 37.6 Å². The van der Waals surface area contributed by atoms with E-state index in [1.165, 1.54) is 17.9 Å². The molecule has 0 radical (unpaired) electrons. The second kappa shape index (κ2) is 13.9. The zero-order chi connectivity index (χ0) is 28.8. The molecule has 2 atom stereocenters. The monoisotopic (exact) mass is 594 g/mol. The first-order chi connectivity index (χ1) is 19.9. The van der Waals surface area contributed by atoms with Crippen LogP contribution in [0, 0.1) is 5.82 Å². The van der Waals surface area contributed by atoms with E-state index >= 15 is 4.39 Å². The summed E-state index contributed by atoms with van der Waals surface area (Å²) in [6.45, 7) is 2.41. The van der Waals surface area contributed by atoms with Crippen molar-refractivity contribution in [2.75, 3.05) is 25.1 Å². The molecule has 2 amide bonds. The van der Waals surface area contributed by atoms with Gasteiger partial charge in [-0.3, -0.25) is 14.8 Å². The summed E-state index contributed by atoms with van der Waals surface area (Å²) in [6.07, 6.45) is 1.43. The van der Waals surface area contributed by atoms with Crippen LogP contribution in [-0.2, 0) is 22.5 Å². The van der Waals surface area contributed by atoms with Crippen LogP contribution in [0.4, 0.5) is 14.9 Å². The Morgan fingerprint density at radius 1 is 1.14 bits per heavy atom. The fourth-order valence-electron chi connectivity index (χ4n) is 4.70. The summed E-state index contributed by atoms with van der Waals surface area (Å²) in [5, 5.41) is 17.0. The smallest absolute Gasteiger partial charge is 0.414 e. The van der Waals surface area contributed by atoms with Gasteiger partial charge in [0, 0.05) is 25.2 Å². The summed E-state index contributed by atoms with van der Waals surface area (Å²) in [5.41, 5.74) is 4.51. The third-order valence-corrected chi connectivity index (χ3v) is 6.93. The SMILES string of the molecule is COc1ccc(CC(NCc2ccc(-c3ccc(N4CC(CNC(C)=O)OC4=O)cc3F)cc2)c2c[nH]nn2)cc1.Cl. The molecule has 4 aromatic rings. The van der Waals surface area contributed by atoms with Crippen molar-refractivity contribution >= 4 is 30.1 Å². The first kappa shape index (κ1) is 30.5. The number of methoxy groups -OCH3 is 1. The first-order valence-corrected chi connectivity index (χ1v) is 13.2. The van der Waals surface area contributed by atoms with E-state index in [2.05, 4.69) is 26.0 Å². The minimum absolute atomic E-state index is 0. The number of H-pyrrole nitrogens is 1. The lowest BCUT2D eigenvalue weighted by Crippen LogP contribution is -2.33. The van der Waals surface area contributed by atoms with Gasteiger partial charge < -0.3 is 20.1 Å². The molecule has 220 valence electrons. The summed E-state index contributed by atoms with van der Waals surface area (Å²) in [5.74, 6) is 0.147. The molecule has 3 N–H and O–H groups in total. The molecule has 0 spiro atoms. The van der Waals surface area contributed by atoms with Crippen LogP contribution in [0.3, 0.4) is 0 Å². The molecule has 1 saturated heterocycles. The maximum Gasteiger partial charge on any atom is 0.414 e. The van der Waals surface area contributed by atoms with E-state index in [0.717, 1.165) is 28.1 Å². The number of anilines is 1. The molecule has 0 aliphatic carbocycles. The summed E-state index contributed by atoms with van der Waals surface area (Å²) in [7, 11) is 1.64. The molecular weight excluding hydrogens is 563 g/mol. The third-order valence-electron chi connectivity index (χ3n) is 6.93. The number of nitrogens with zero attached hydrogens (tertiary/aromatic N) is 3. The van der Waals surface area contributed by atoms with Crippen LogP contribution in [0.25, 0.3) is 11.1 Å². The Balaban J connectivity index is 0.00000405. The number of carbonyl (C=O) groups excluding carboxylic acids is 2. The molecule has 10 nitrogen and oxygen atoms in total. The zero-order valence-corrected chi connectivity index (χ0v) is 24.0. The van der Waals surface area contributed by atoms with Gasteiger partial charge in [-0.1, -0.05) is 41.6 Å². The van der Waals surface area contributed by atoms with Crippen LogP contribution < -0.4 is 20.3 Å². The lowest BCUT2D eigenvalue weighted by Gasteiger charge is -2.17. The molecule has 5 rings (SSSR count). The fraction of sp³-hybridized carbons (Fsp3) is 0.267. The summed E-state index contributed by atoms with van der Waals surface area (Å²) >= 11 is 0. The van der Waals surface area contributed by atoms with Gasteiger partial charge in [-0.15, -0.1) is 17.5 Å². The number of rotatable bonds is 11. The van der Waals surface area contributed by atoms with Crippen molar-refractivity contribution < 1.29 is 23.5 Å². The standard InChI is InChI=1S/C30H31FN6O4.ClH/c1-19(38)32-16-25-18-37(30(39)41-25)23-9-12-26(27(31)14-23)22-7-3-21(4-8-22)15-33-28(29-17-34-36-35-29)13-20-5-10-24(40-2)11-6-20;/h3-12,14,17,25,28,33H,13,15-16,18H2,1-2H3,(H,32,38)(H,34,35,36);1H. The normalized spacial score (nSPS) is 15.1. The Morgan fingerprint density at radius 2 is 1.88 bits per heavy atom. The average molecular weight is 595 g/mol. The van der Waals surface area contributed by atoms with E-state index in [4.69, 9.17) is 9.47 Å². The van der Waals surface area contributed by atoms with Gasteiger partial charge in [-0.05, 0) is 53.4 Å². The maximum absolute atomic E-state index is 15.2. The molecule has 1 aromatic heterocycles. The Morgan fingerprint density at radius 3 is 2.52 bits per heavy atom. The average Bonchev–Trinajstić information content (AvgIpc) is 3.65. The summed E-state index contributed by atoms with van der Waals surface area (Å²) in [4.78, 5) is 24.8. The zero-order valence-electron chi connectivity index (χ0n) is 23.2. The highest BCUT2D eigenvalue weighted by molar-refractivity contribution is 5.90. The topological polar surface area (TPSA) is 121 Å². The van der Waals surface area contributed by atoms with Crippen molar-refractivity contribution in [3.8, 4) is 16.9 Å². The summed E-state index contributed by atoms with van der Waals surface area (Å²) in [6, 6.07) is 20.2. The highest BCUT2D eigenvalue weighted by Gasteiger charge is 2.32. The predicted molar refractivity (Wildman–Crippen MR) is 158 cm³/mol. The predicted octanol–water partition coefficient (Wildman–Crippen LogP) is 4.58. The largest absolute Gasteiger partial charge is 0.497 e. The molecule has 0 saturated carbocycles. The molecule has 2 heterocycles. The van der Waals surface area contributed by atoms with Crippen molar-refractivity contribution in [2.24, 2.45) is 0 Å². The molecule has 12 heteroatoms. The second-order valence-corrected chi connectivity index (χ2v) is 9.80. The molecule has 1 aliphatic rings. The molecule has 0 bridgehead atoms. The first-order valence-electron chi connectivity index (χ1n) is 13.2. The second-order valence-electron chi connectivity index (χ2n) is 9.80. The number of carbonyl (C=O) groups is 2. The molecular formula is C30H32ClFN6O4. The van der Waals surface area contributed by atoms with E-state index in [1.54, 1.807) is 25.4 Å². The van der Waals surface area contributed by atoms with Gasteiger partial charge in [0.25, 0.3) is 0 Å². The number of benzene rings is 3. The molecule has 2 unspecified atom stereocenters. The Bertz CT molecular complexity index is 1480. The molecule has 1 aliphatic heterocycles. The number of amides is 2. The number of aromatic nitrogens is 3. The van der Waals surface area contributed by atoms with Crippen molar-refractivity contribution in [3.05, 3.63) is 95.6 Å². The molecule has 3 aromatic carbocycles. The van der Waals surface area contributed by atoms with E-state index in [-0.39, 0.29) is 37.4 Å². The lowest BCUT2D eigenvalue weighted by atomic mass is 10.0. The van der Waals surface area contributed by atoms with Crippen molar-refractivity contribution in [2.45, 2.75) is 32.0 Å². The fourth-order valence-corrected chi connectivity index (χ4v) is 4.70. The highest BCUT2D eigenvalue weighted by atomic mass is 35.5. The third kappa shape index (κ3) is 7.42. The molecule has 42 heavy (non-hydrogen) atoms. The van der Waals surface area contributed by atoms with Crippen LogP contribution in [0.5, 0.6) is 5.75 Å². The Kier molecular flexibility index (Phi) is 10.1. The van der Waals surface area contributed by atoms with Crippen molar-refractivity contribution in [1.29, 1.82) is 0 Å². The number of nitrogens with one attached hydrogen (secondary N) is 3. The highest BCUT2D eigenvalue weighted by Crippen LogP contribution is 2.29. The van der Waals surface area contributed by atoms with Crippen LogP contribution in [0.15, 0.2) is 72.9 Å². The Labute approximate surface area is 249 Å². The molecule has 1 fully saturated rings. The van der Waals surface area contributed by atoms with Crippen LogP contribution in [-0.4, -0.2) is 53.7 Å². The van der Waals surface area contributed by atoms with Crippen LogP contribution in [0.2, 0.25) is 0 Å². The van der Waals surface area contributed by atoms with Gasteiger partial charge in [-0.25, -0.2) is 9.18 Å². The van der Waals surface area contributed by atoms with E-state index in [0.29, 0.717) is 24.2 Å². The maximum atomic E-state index is 15.2. The van der Waals surface area contributed by atoms with Crippen LogP contribution >= 0.6 is 12.4 Å². The van der Waals surface area contributed by atoms with Gasteiger partial charge >= 0.3 is 6.09 Å². The number of halogens is 2. The summed E-state index contributed by atoms with van der Waals surface area (Å²) < 4.78 is 25.7. The number of hydrogen-bond donors (Lipinski definition) is 3. The van der Waals surface area contributed by atoms with Crippen molar-refractivity contribution in [3.63, 3.8) is 0 Å². The minimum Gasteiger partial charge on any atom is -0.497 e. The van der Waals surface area contributed by atoms with Crippen molar-refractivity contribution in [1.82, 2.24) is 26.0 Å². The van der Waals surface area contributed by atoms with Gasteiger partial charge in [0.15, 0.2) is 0 Å². The van der Waals surface area contributed by atoms with Crippen LogP contribution in [0.1, 0.15) is 29.8 Å². The minimum atomic E-state index is -0.569. The van der Waals surface area contributed by atoms with E-state index in [9.17, 15) is 9.59 Å². The number of cyclic esters (lactones) is 1.